The van der Waals surface area contributed by atoms with E-state index in [1.54, 1.807) is 0 Å². The van der Waals surface area contributed by atoms with Crippen molar-refractivity contribution in [1.29, 1.82) is 0 Å². The fourth-order valence-electron chi connectivity index (χ4n) is 4.67. The van der Waals surface area contributed by atoms with Gasteiger partial charge in [0.25, 0.3) is 0 Å². The highest BCUT2D eigenvalue weighted by Crippen LogP contribution is 2.38. The van der Waals surface area contributed by atoms with Crippen LogP contribution in [0.4, 0.5) is 5.82 Å². The smallest absolute Gasteiger partial charge is 0.193 e. The third-order valence-electron chi connectivity index (χ3n) is 6.14. The molecule has 0 saturated carbocycles. The number of rotatable bonds is 3. The van der Waals surface area contributed by atoms with Gasteiger partial charge in [-0.15, -0.1) is 0 Å². The Hall–Kier alpha value is -1.86. The molecular formula is C21H33N5O2. The summed E-state index contributed by atoms with van der Waals surface area (Å²) in [5, 5.41) is 3.51. The van der Waals surface area contributed by atoms with E-state index in [0.29, 0.717) is 5.41 Å². The Morgan fingerprint density at radius 3 is 2.75 bits per heavy atom. The van der Waals surface area contributed by atoms with E-state index < -0.39 is 0 Å². The van der Waals surface area contributed by atoms with Gasteiger partial charge in [0, 0.05) is 58.0 Å². The molecule has 0 aromatic carbocycles. The van der Waals surface area contributed by atoms with Crippen molar-refractivity contribution in [3.05, 3.63) is 23.9 Å². The highest BCUT2D eigenvalue weighted by atomic mass is 16.5. The summed E-state index contributed by atoms with van der Waals surface area (Å²) in [6.45, 7) is 10.6. The number of aliphatic imine (C=N–C) groups is 1. The minimum Gasteiger partial charge on any atom is -0.381 e. The first-order valence-corrected chi connectivity index (χ1v) is 10.5. The summed E-state index contributed by atoms with van der Waals surface area (Å²) in [6.07, 6.45) is 4.82. The Bertz CT molecular complexity index is 677. The number of pyridine rings is 1. The summed E-state index contributed by atoms with van der Waals surface area (Å²) in [6, 6.07) is 4.27. The van der Waals surface area contributed by atoms with Crippen molar-refractivity contribution in [3.63, 3.8) is 0 Å². The van der Waals surface area contributed by atoms with Crippen LogP contribution in [0.15, 0.2) is 23.3 Å². The van der Waals surface area contributed by atoms with Gasteiger partial charge in [0.1, 0.15) is 5.82 Å². The van der Waals surface area contributed by atoms with Crippen molar-refractivity contribution in [2.24, 2.45) is 10.4 Å². The van der Waals surface area contributed by atoms with Crippen molar-refractivity contribution < 1.29 is 9.47 Å². The zero-order valence-corrected chi connectivity index (χ0v) is 17.4. The molecule has 1 spiro atoms. The lowest BCUT2D eigenvalue weighted by molar-refractivity contribution is -0.00545. The Kier molecular flexibility index (Phi) is 5.73. The molecule has 4 rings (SSSR count). The number of hydrogen-bond donors (Lipinski definition) is 1. The van der Waals surface area contributed by atoms with E-state index >= 15 is 0 Å². The molecule has 1 N–H and O–H groups in total. The molecular weight excluding hydrogens is 354 g/mol. The first-order chi connectivity index (χ1) is 13.6. The average Bonchev–Trinajstić information content (AvgIpc) is 3.32. The molecule has 0 aliphatic carbocycles. The topological polar surface area (TPSA) is 62.2 Å². The molecule has 0 amide bonds. The quantitative estimate of drug-likeness (QED) is 0.631. The second-order valence-corrected chi connectivity index (χ2v) is 8.56. The summed E-state index contributed by atoms with van der Waals surface area (Å²) in [5.41, 5.74) is 1.50. The van der Waals surface area contributed by atoms with Crippen molar-refractivity contribution in [1.82, 2.24) is 15.2 Å². The first kappa shape index (κ1) is 19.5. The molecule has 28 heavy (non-hydrogen) atoms. The van der Waals surface area contributed by atoms with Crippen LogP contribution in [0.2, 0.25) is 0 Å². The van der Waals surface area contributed by atoms with Gasteiger partial charge in [-0.2, -0.15) is 0 Å². The number of aromatic nitrogens is 1. The predicted octanol–water partition coefficient (Wildman–Crippen LogP) is 1.88. The van der Waals surface area contributed by atoms with E-state index in [9.17, 15) is 0 Å². The number of nitrogens with one attached hydrogen (secondary N) is 1. The molecule has 7 heteroatoms. The summed E-state index contributed by atoms with van der Waals surface area (Å²) in [4.78, 5) is 13.9. The van der Waals surface area contributed by atoms with Gasteiger partial charge in [0.15, 0.2) is 5.96 Å². The average molecular weight is 388 g/mol. The highest BCUT2D eigenvalue weighted by Gasteiger charge is 2.42. The lowest BCUT2D eigenvalue weighted by Crippen LogP contribution is -2.45. The molecule has 3 unspecified atom stereocenters. The Morgan fingerprint density at radius 2 is 2.11 bits per heavy atom. The van der Waals surface area contributed by atoms with Gasteiger partial charge in [0.2, 0.25) is 0 Å². The summed E-state index contributed by atoms with van der Waals surface area (Å²) in [7, 11) is 1.86. The third kappa shape index (κ3) is 4.25. The summed E-state index contributed by atoms with van der Waals surface area (Å²) in [5.74, 6) is 2.00. The normalized spacial score (nSPS) is 31.0. The van der Waals surface area contributed by atoms with Gasteiger partial charge in [-0.25, -0.2) is 4.98 Å². The Morgan fingerprint density at radius 1 is 1.29 bits per heavy atom. The molecule has 3 fully saturated rings. The van der Waals surface area contributed by atoms with Crippen molar-refractivity contribution >= 4 is 11.8 Å². The van der Waals surface area contributed by atoms with Crippen LogP contribution in [-0.2, 0) is 16.0 Å². The predicted molar refractivity (Wildman–Crippen MR) is 111 cm³/mol. The van der Waals surface area contributed by atoms with Gasteiger partial charge >= 0.3 is 0 Å². The fourth-order valence-corrected chi connectivity index (χ4v) is 4.67. The fraction of sp³-hybridized carbons (Fsp3) is 0.714. The van der Waals surface area contributed by atoms with Crippen LogP contribution >= 0.6 is 0 Å². The highest BCUT2D eigenvalue weighted by molar-refractivity contribution is 5.80. The number of morpholine rings is 1. The van der Waals surface area contributed by atoms with Crippen LogP contribution in [0.5, 0.6) is 0 Å². The van der Waals surface area contributed by atoms with Gasteiger partial charge in [-0.1, -0.05) is 6.07 Å². The van der Waals surface area contributed by atoms with E-state index in [4.69, 9.17) is 14.5 Å². The van der Waals surface area contributed by atoms with Gasteiger partial charge in [0.05, 0.1) is 18.8 Å². The molecule has 3 saturated heterocycles. The number of nitrogens with zero attached hydrogens (tertiary/aromatic N) is 4. The zero-order chi connectivity index (χ0) is 19.6. The summed E-state index contributed by atoms with van der Waals surface area (Å²) >= 11 is 0. The van der Waals surface area contributed by atoms with Crippen LogP contribution < -0.4 is 10.2 Å². The molecule has 0 radical (unpaired) electrons. The third-order valence-corrected chi connectivity index (χ3v) is 6.14. The number of ether oxygens (including phenoxy) is 2. The summed E-state index contributed by atoms with van der Waals surface area (Å²) < 4.78 is 11.5. The number of likely N-dealkylation sites (tertiary alicyclic amines) is 1. The first-order valence-electron chi connectivity index (χ1n) is 10.5. The van der Waals surface area contributed by atoms with Crippen LogP contribution in [-0.4, -0.2) is 74.5 Å². The SMILES string of the molecule is CN=C(NCc1ccc(N2CC(C)OC(C)C2)nc1)N1CCC2(CCOC2)C1. The molecule has 4 heterocycles. The maximum atomic E-state index is 5.82. The lowest BCUT2D eigenvalue weighted by Gasteiger charge is -2.36. The molecule has 3 aliphatic heterocycles. The number of anilines is 1. The van der Waals surface area contributed by atoms with Crippen molar-refractivity contribution in [2.75, 3.05) is 51.3 Å². The second-order valence-electron chi connectivity index (χ2n) is 8.56. The van der Waals surface area contributed by atoms with E-state index in [-0.39, 0.29) is 12.2 Å². The van der Waals surface area contributed by atoms with Crippen LogP contribution in [0, 0.1) is 5.41 Å². The van der Waals surface area contributed by atoms with Gasteiger partial charge in [-0.3, -0.25) is 4.99 Å². The maximum Gasteiger partial charge on any atom is 0.193 e. The monoisotopic (exact) mass is 387 g/mol. The van der Waals surface area contributed by atoms with E-state index in [0.717, 1.165) is 63.3 Å². The van der Waals surface area contributed by atoms with Crippen molar-refractivity contribution in [2.45, 2.75) is 45.4 Å². The van der Waals surface area contributed by atoms with E-state index in [2.05, 4.69) is 46.1 Å². The molecule has 0 bridgehead atoms. The molecule has 1 aromatic heterocycles. The largest absolute Gasteiger partial charge is 0.381 e. The lowest BCUT2D eigenvalue weighted by atomic mass is 9.87. The Labute approximate surface area is 168 Å². The zero-order valence-electron chi connectivity index (χ0n) is 17.4. The van der Waals surface area contributed by atoms with Crippen molar-refractivity contribution in [3.8, 4) is 0 Å². The van der Waals surface area contributed by atoms with Crippen LogP contribution in [0.3, 0.4) is 0 Å². The number of hydrogen-bond acceptors (Lipinski definition) is 5. The molecule has 154 valence electrons. The molecule has 1 aromatic rings. The second kappa shape index (κ2) is 8.25. The van der Waals surface area contributed by atoms with Gasteiger partial charge < -0.3 is 24.6 Å². The maximum absolute atomic E-state index is 5.82. The Balaban J connectivity index is 1.32. The molecule has 7 nitrogen and oxygen atoms in total. The standard InChI is InChI=1S/C21H33N5O2/c1-16-12-26(13-17(2)28-16)19-5-4-18(10-23-19)11-24-20(22-3)25-8-6-21(14-25)7-9-27-15-21/h4-5,10,16-17H,6-9,11-15H2,1-3H3,(H,22,24). The van der Waals surface area contributed by atoms with Gasteiger partial charge in [-0.05, 0) is 38.3 Å². The minimum absolute atomic E-state index is 0.240. The van der Waals surface area contributed by atoms with E-state index in [1.807, 2.05) is 13.2 Å². The molecule has 3 atom stereocenters. The number of guanidine groups is 1. The molecule has 3 aliphatic rings. The minimum atomic E-state index is 0.240. The van der Waals surface area contributed by atoms with Crippen LogP contribution in [0.25, 0.3) is 0 Å². The van der Waals surface area contributed by atoms with Crippen LogP contribution in [0.1, 0.15) is 32.3 Å². The van der Waals surface area contributed by atoms with E-state index in [1.165, 1.54) is 12.8 Å².